The van der Waals surface area contributed by atoms with Crippen LogP contribution in [0.1, 0.15) is 55.3 Å². The molecule has 2 fully saturated rings. The standard InChI is InChI=1S/C22H27N3OS/c26-21(18-11-15-25(16-12-18)19-5-2-1-3-6-19)17-7-9-20(10-8-17)27-22-23-13-4-14-24-22/h4,7-10,13-14,18-19H,1-3,5-6,11-12,15-16H2. The topological polar surface area (TPSA) is 46.1 Å². The SMILES string of the molecule is O=C(c1ccc(Sc2ncccn2)cc1)C1CCN(C2CCCCC2)CC1. The van der Waals surface area contributed by atoms with Crippen LogP contribution in [0.3, 0.4) is 0 Å². The summed E-state index contributed by atoms with van der Waals surface area (Å²) in [5.74, 6) is 0.492. The quantitative estimate of drug-likeness (QED) is 0.547. The molecule has 142 valence electrons. The van der Waals surface area contributed by atoms with Crippen LogP contribution in [-0.2, 0) is 0 Å². The largest absolute Gasteiger partial charge is 0.300 e. The molecule has 1 saturated carbocycles. The Morgan fingerprint density at radius 1 is 0.926 bits per heavy atom. The molecule has 2 heterocycles. The predicted octanol–water partition coefficient (Wildman–Crippen LogP) is 4.86. The van der Waals surface area contributed by atoms with Crippen molar-refractivity contribution in [3.63, 3.8) is 0 Å². The zero-order valence-electron chi connectivity index (χ0n) is 15.7. The number of carbonyl (C=O) groups excluding carboxylic acids is 1. The summed E-state index contributed by atoms with van der Waals surface area (Å²) >= 11 is 1.52. The summed E-state index contributed by atoms with van der Waals surface area (Å²) in [6.45, 7) is 2.17. The Morgan fingerprint density at radius 3 is 2.26 bits per heavy atom. The zero-order valence-corrected chi connectivity index (χ0v) is 16.5. The second kappa shape index (κ2) is 8.98. The highest BCUT2D eigenvalue weighted by molar-refractivity contribution is 7.99. The molecule has 5 heteroatoms. The third-order valence-electron chi connectivity index (χ3n) is 5.88. The monoisotopic (exact) mass is 381 g/mol. The Balaban J connectivity index is 1.32. The molecule has 27 heavy (non-hydrogen) atoms. The van der Waals surface area contributed by atoms with Crippen molar-refractivity contribution < 1.29 is 4.79 Å². The van der Waals surface area contributed by atoms with Crippen molar-refractivity contribution in [1.82, 2.24) is 14.9 Å². The molecule has 0 bridgehead atoms. The van der Waals surface area contributed by atoms with Crippen LogP contribution in [0.15, 0.2) is 52.8 Å². The van der Waals surface area contributed by atoms with Crippen molar-refractivity contribution in [1.29, 1.82) is 0 Å². The Morgan fingerprint density at radius 2 is 1.59 bits per heavy atom. The molecule has 4 nitrogen and oxygen atoms in total. The van der Waals surface area contributed by atoms with Crippen molar-refractivity contribution in [2.24, 2.45) is 5.92 Å². The number of carbonyl (C=O) groups is 1. The maximum atomic E-state index is 12.9. The van der Waals surface area contributed by atoms with Crippen LogP contribution in [0.25, 0.3) is 0 Å². The minimum atomic E-state index is 0.181. The molecule has 1 aromatic carbocycles. The molecule has 1 saturated heterocycles. The minimum Gasteiger partial charge on any atom is -0.300 e. The summed E-state index contributed by atoms with van der Waals surface area (Å²) in [4.78, 5) is 25.1. The lowest BCUT2D eigenvalue weighted by Crippen LogP contribution is -2.43. The Labute approximate surface area is 165 Å². The van der Waals surface area contributed by atoms with Gasteiger partial charge in [-0.1, -0.05) is 31.4 Å². The van der Waals surface area contributed by atoms with Gasteiger partial charge in [0.05, 0.1) is 0 Å². The van der Waals surface area contributed by atoms with Gasteiger partial charge in [0.25, 0.3) is 0 Å². The van der Waals surface area contributed by atoms with Gasteiger partial charge in [-0.15, -0.1) is 0 Å². The van der Waals surface area contributed by atoms with Crippen LogP contribution < -0.4 is 0 Å². The Bertz CT molecular complexity index is 736. The van der Waals surface area contributed by atoms with Gasteiger partial charge in [0, 0.05) is 34.8 Å². The molecule has 2 aliphatic rings. The molecule has 1 aliphatic carbocycles. The Hall–Kier alpha value is -1.72. The molecule has 1 aliphatic heterocycles. The van der Waals surface area contributed by atoms with E-state index in [-0.39, 0.29) is 5.92 Å². The molecule has 1 aromatic heterocycles. The second-order valence-corrected chi connectivity index (χ2v) is 8.66. The lowest BCUT2D eigenvalue weighted by molar-refractivity contribution is 0.0747. The van der Waals surface area contributed by atoms with Crippen molar-refractivity contribution in [3.05, 3.63) is 48.3 Å². The first-order chi connectivity index (χ1) is 13.3. The average Bonchev–Trinajstić information content (AvgIpc) is 2.75. The summed E-state index contributed by atoms with van der Waals surface area (Å²) in [7, 11) is 0. The molecule has 0 radical (unpaired) electrons. The van der Waals surface area contributed by atoms with E-state index in [0.717, 1.165) is 47.6 Å². The van der Waals surface area contributed by atoms with Crippen LogP contribution >= 0.6 is 11.8 Å². The molecular weight excluding hydrogens is 354 g/mol. The number of hydrogen-bond acceptors (Lipinski definition) is 5. The third kappa shape index (κ3) is 4.77. The number of ketones is 1. The third-order valence-corrected chi connectivity index (χ3v) is 6.78. The number of Topliss-reactive ketones (excluding diaryl/α,β-unsaturated/α-hetero) is 1. The highest BCUT2D eigenvalue weighted by Gasteiger charge is 2.29. The summed E-state index contributed by atoms with van der Waals surface area (Å²) < 4.78 is 0. The van der Waals surface area contributed by atoms with Crippen LogP contribution in [0, 0.1) is 5.92 Å². The average molecular weight is 382 g/mol. The smallest absolute Gasteiger partial charge is 0.192 e. The van der Waals surface area contributed by atoms with Gasteiger partial charge < -0.3 is 4.90 Å². The summed E-state index contributed by atoms with van der Waals surface area (Å²) in [5.41, 5.74) is 0.837. The highest BCUT2D eigenvalue weighted by Crippen LogP contribution is 2.29. The number of likely N-dealkylation sites (tertiary alicyclic amines) is 1. The lowest BCUT2D eigenvalue weighted by Gasteiger charge is -2.39. The van der Waals surface area contributed by atoms with Crippen molar-refractivity contribution >= 4 is 17.5 Å². The van der Waals surface area contributed by atoms with Gasteiger partial charge in [-0.25, -0.2) is 9.97 Å². The first kappa shape index (κ1) is 18.6. The number of nitrogens with zero attached hydrogens (tertiary/aromatic N) is 3. The van der Waals surface area contributed by atoms with Gasteiger partial charge in [-0.3, -0.25) is 4.79 Å². The van der Waals surface area contributed by atoms with E-state index in [2.05, 4.69) is 14.9 Å². The molecule has 0 spiro atoms. The maximum Gasteiger partial charge on any atom is 0.192 e. The van der Waals surface area contributed by atoms with Crippen LogP contribution in [0.4, 0.5) is 0 Å². The minimum absolute atomic E-state index is 0.181. The van der Waals surface area contributed by atoms with Crippen LogP contribution in [0.5, 0.6) is 0 Å². The molecular formula is C22H27N3OS. The molecule has 0 atom stereocenters. The van der Waals surface area contributed by atoms with E-state index < -0.39 is 0 Å². The van der Waals surface area contributed by atoms with Crippen molar-refractivity contribution in [2.45, 2.75) is 61.0 Å². The number of benzene rings is 1. The van der Waals surface area contributed by atoms with Crippen LogP contribution in [-0.4, -0.2) is 39.8 Å². The molecule has 0 unspecified atom stereocenters. The fraction of sp³-hybridized carbons (Fsp3) is 0.500. The van der Waals surface area contributed by atoms with Gasteiger partial charge in [-0.2, -0.15) is 0 Å². The first-order valence-corrected chi connectivity index (χ1v) is 10.9. The molecule has 0 amide bonds. The second-order valence-electron chi connectivity index (χ2n) is 7.62. The molecule has 4 rings (SSSR count). The maximum absolute atomic E-state index is 12.9. The van der Waals surface area contributed by atoms with E-state index >= 15 is 0 Å². The van der Waals surface area contributed by atoms with E-state index in [4.69, 9.17) is 0 Å². The van der Waals surface area contributed by atoms with Gasteiger partial charge in [0.2, 0.25) is 0 Å². The molecule has 2 aromatic rings. The van der Waals surface area contributed by atoms with E-state index in [1.54, 1.807) is 12.4 Å². The van der Waals surface area contributed by atoms with Gasteiger partial charge in [-0.05, 0) is 68.7 Å². The Kier molecular flexibility index (Phi) is 6.20. The molecule has 0 N–H and O–H groups in total. The van der Waals surface area contributed by atoms with Crippen LogP contribution in [0.2, 0.25) is 0 Å². The lowest BCUT2D eigenvalue weighted by atomic mass is 9.86. The number of hydrogen-bond donors (Lipinski definition) is 0. The van der Waals surface area contributed by atoms with Crippen molar-refractivity contribution in [2.75, 3.05) is 13.1 Å². The number of rotatable bonds is 5. The number of aromatic nitrogens is 2. The van der Waals surface area contributed by atoms with Gasteiger partial charge >= 0.3 is 0 Å². The summed E-state index contributed by atoms with van der Waals surface area (Å²) in [5, 5.41) is 0.728. The van der Waals surface area contributed by atoms with E-state index in [9.17, 15) is 4.79 Å². The summed E-state index contributed by atoms with van der Waals surface area (Å²) in [6, 6.07) is 10.5. The fourth-order valence-corrected chi connectivity index (χ4v) is 5.05. The fourth-order valence-electron chi connectivity index (χ4n) is 4.34. The zero-order chi connectivity index (χ0) is 18.5. The van der Waals surface area contributed by atoms with Gasteiger partial charge in [0.15, 0.2) is 10.9 Å². The summed E-state index contributed by atoms with van der Waals surface area (Å²) in [6.07, 6.45) is 12.3. The van der Waals surface area contributed by atoms with E-state index in [1.807, 2.05) is 30.3 Å². The first-order valence-electron chi connectivity index (χ1n) is 10.1. The normalized spacial score (nSPS) is 19.9. The highest BCUT2D eigenvalue weighted by atomic mass is 32.2. The van der Waals surface area contributed by atoms with E-state index in [0.29, 0.717) is 5.78 Å². The van der Waals surface area contributed by atoms with E-state index in [1.165, 1.54) is 43.9 Å². The van der Waals surface area contributed by atoms with Crippen molar-refractivity contribution in [3.8, 4) is 0 Å². The van der Waals surface area contributed by atoms with Gasteiger partial charge in [0.1, 0.15) is 0 Å². The number of piperidine rings is 1. The predicted molar refractivity (Wildman–Crippen MR) is 108 cm³/mol.